The third-order valence-corrected chi connectivity index (χ3v) is 5.55. The van der Waals surface area contributed by atoms with E-state index in [4.69, 9.17) is 4.74 Å². The molecule has 1 aliphatic carbocycles. The van der Waals surface area contributed by atoms with E-state index >= 15 is 0 Å². The van der Waals surface area contributed by atoms with Crippen LogP contribution in [0.15, 0.2) is 78.9 Å². The molecule has 30 heavy (non-hydrogen) atoms. The lowest BCUT2D eigenvalue weighted by Gasteiger charge is -2.31. The SMILES string of the molecule is O=C1c2ccccc2C(=O)N1[C@H]1C=Cc2ccc(OCc3ccccc3)cc2[C@H]1O. The summed E-state index contributed by atoms with van der Waals surface area (Å²) in [5.41, 5.74) is 3.24. The van der Waals surface area contributed by atoms with Gasteiger partial charge < -0.3 is 9.84 Å². The van der Waals surface area contributed by atoms with Crippen molar-refractivity contribution in [3.05, 3.63) is 107 Å². The zero-order valence-corrected chi connectivity index (χ0v) is 16.1. The van der Waals surface area contributed by atoms with Gasteiger partial charge in [-0.3, -0.25) is 14.5 Å². The van der Waals surface area contributed by atoms with E-state index in [-0.39, 0.29) is 11.8 Å². The van der Waals surface area contributed by atoms with Gasteiger partial charge in [-0.1, -0.05) is 60.7 Å². The Bertz CT molecular complexity index is 1130. The van der Waals surface area contributed by atoms with Gasteiger partial charge >= 0.3 is 0 Å². The number of benzene rings is 3. The van der Waals surface area contributed by atoms with Crippen LogP contribution in [0.1, 0.15) is 43.5 Å². The van der Waals surface area contributed by atoms with E-state index < -0.39 is 12.1 Å². The van der Waals surface area contributed by atoms with E-state index in [2.05, 4.69) is 0 Å². The highest BCUT2D eigenvalue weighted by Gasteiger charge is 2.42. The fourth-order valence-electron chi connectivity index (χ4n) is 3.99. The molecule has 1 N–H and O–H groups in total. The first kappa shape index (κ1) is 18.3. The van der Waals surface area contributed by atoms with Crippen molar-refractivity contribution < 1.29 is 19.4 Å². The van der Waals surface area contributed by atoms with Crippen LogP contribution < -0.4 is 4.74 Å². The number of rotatable bonds is 4. The molecule has 5 heteroatoms. The van der Waals surface area contributed by atoms with E-state index in [9.17, 15) is 14.7 Å². The molecule has 1 aliphatic heterocycles. The molecule has 0 aromatic heterocycles. The molecule has 2 aliphatic rings. The molecule has 5 rings (SSSR count). The minimum absolute atomic E-state index is 0.369. The third kappa shape index (κ3) is 3.00. The van der Waals surface area contributed by atoms with Crippen LogP contribution in [0.3, 0.4) is 0 Å². The molecule has 3 aromatic rings. The van der Waals surface area contributed by atoms with Crippen LogP contribution in [-0.2, 0) is 6.61 Å². The number of carbonyl (C=O) groups is 2. The van der Waals surface area contributed by atoms with Crippen molar-refractivity contribution in [2.45, 2.75) is 18.8 Å². The lowest BCUT2D eigenvalue weighted by atomic mass is 9.90. The standard InChI is InChI=1S/C25H19NO4/c27-23-21-14-18(30-15-16-6-2-1-3-7-16)12-10-17(21)11-13-22(23)26-24(28)19-8-4-5-9-20(19)25(26)29/h1-14,22-23,27H,15H2/t22-,23+/m0/s1. The first-order chi connectivity index (χ1) is 14.6. The van der Waals surface area contributed by atoms with Gasteiger partial charge in [0.15, 0.2) is 0 Å². The maximum atomic E-state index is 12.8. The van der Waals surface area contributed by atoms with Crippen molar-refractivity contribution in [1.29, 1.82) is 0 Å². The molecule has 0 unspecified atom stereocenters. The van der Waals surface area contributed by atoms with Crippen LogP contribution in [0.2, 0.25) is 0 Å². The largest absolute Gasteiger partial charge is 0.489 e. The normalized spacial score (nSPS) is 19.6. The summed E-state index contributed by atoms with van der Waals surface area (Å²) in [5, 5.41) is 11.1. The highest BCUT2D eigenvalue weighted by atomic mass is 16.5. The van der Waals surface area contributed by atoms with Gasteiger partial charge in [-0.2, -0.15) is 0 Å². The molecule has 0 fully saturated rings. The van der Waals surface area contributed by atoms with Crippen molar-refractivity contribution >= 4 is 17.9 Å². The molecule has 0 saturated heterocycles. The number of imide groups is 1. The zero-order valence-electron chi connectivity index (χ0n) is 16.1. The lowest BCUT2D eigenvalue weighted by molar-refractivity contribution is 0.0425. The number of ether oxygens (including phenoxy) is 1. The summed E-state index contributed by atoms with van der Waals surface area (Å²) in [5.74, 6) is -0.151. The number of amides is 2. The number of fused-ring (bicyclic) bond motifs is 2. The van der Waals surface area contributed by atoms with Crippen molar-refractivity contribution in [2.75, 3.05) is 0 Å². The van der Waals surface area contributed by atoms with Gasteiger partial charge in [-0.15, -0.1) is 0 Å². The summed E-state index contributed by atoms with van der Waals surface area (Å²) in [6.45, 7) is 0.410. The minimum Gasteiger partial charge on any atom is -0.489 e. The van der Waals surface area contributed by atoms with Crippen molar-refractivity contribution in [2.24, 2.45) is 0 Å². The second kappa shape index (κ2) is 7.28. The van der Waals surface area contributed by atoms with Gasteiger partial charge in [-0.25, -0.2) is 0 Å². The van der Waals surface area contributed by atoms with E-state index in [0.717, 1.165) is 16.0 Å². The van der Waals surface area contributed by atoms with E-state index in [1.165, 1.54) is 0 Å². The van der Waals surface area contributed by atoms with Crippen molar-refractivity contribution in [3.63, 3.8) is 0 Å². The van der Waals surface area contributed by atoms with Gasteiger partial charge in [0.05, 0.1) is 17.2 Å². The van der Waals surface area contributed by atoms with Crippen LogP contribution in [0.5, 0.6) is 5.75 Å². The first-order valence-corrected chi connectivity index (χ1v) is 9.77. The number of nitrogens with zero attached hydrogens (tertiary/aromatic N) is 1. The van der Waals surface area contributed by atoms with Crippen LogP contribution >= 0.6 is 0 Å². The lowest BCUT2D eigenvalue weighted by Crippen LogP contribution is -2.43. The Morgan fingerprint density at radius 2 is 1.53 bits per heavy atom. The smallest absolute Gasteiger partial charge is 0.262 e. The Hall–Kier alpha value is -3.70. The topological polar surface area (TPSA) is 66.8 Å². The average Bonchev–Trinajstić information content (AvgIpc) is 3.04. The van der Waals surface area contributed by atoms with Crippen LogP contribution in [-0.4, -0.2) is 27.9 Å². The molecule has 5 nitrogen and oxygen atoms in total. The Kier molecular flexibility index (Phi) is 4.45. The molecule has 0 bridgehead atoms. The predicted molar refractivity (Wildman–Crippen MR) is 112 cm³/mol. The number of aliphatic hydroxyl groups is 1. The van der Waals surface area contributed by atoms with Gasteiger partial charge in [-0.05, 0) is 41.0 Å². The molecular formula is C25H19NO4. The summed E-state index contributed by atoms with van der Waals surface area (Å²) in [6, 6.07) is 21.3. The molecule has 0 radical (unpaired) electrons. The van der Waals surface area contributed by atoms with Gasteiger partial charge in [0, 0.05) is 0 Å². The number of carbonyl (C=O) groups excluding carboxylic acids is 2. The average molecular weight is 397 g/mol. The Labute approximate surface area is 173 Å². The van der Waals surface area contributed by atoms with Gasteiger partial charge in [0.2, 0.25) is 0 Å². The van der Waals surface area contributed by atoms with Gasteiger partial charge in [0.25, 0.3) is 11.8 Å². The molecular weight excluding hydrogens is 378 g/mol. The molecule has 0 spiro atoms. The van der Waals surface area contributed by atoms with Crippen LogP contribution in [0.25, 0.3) is 6.08 Å². The molecule has 148 valence electrons. The maximum Gasteiger partial charge on any atom is 0.262 e. The molecule has 2 amide bonds. The summed E-state index contributed by atoms with van der Waals surface area (Å²) >= 11 is 0. The molecule has 3 aromatic carbocycles. The summed E-state index contributed by atoms with van der Waals surface area (Å²) in [4.78, 5) is 26.8. The van der Waals surface area contributed by atoms with E-state index in [0.29, 0.717) is 29.0 Å². The van der Waals surface area contributed by atoms with Gasteiger partial charge in [0.1, 0.15) is 18.5 Å². The second-order valence-corrected chi connectivity index (χ2v) is 7.39. The number of hydrogen-bond acceptors (Lipinski definition) is 4. The minimum atomic E-state index is -1.03. The highest BCUT2D eigenvalue weighted by molar-refractivity contribution is 6.21. The quantitative estimate of drug-likeness (QED) is 0.676. The third-order valence-electron chi connectivity index (χ3n) is 5.55. The fraction of sp³-hybridized carbons (Fsp3) is 0.120. The molecule has 0 saturated carbocycles. The highest BCUT2D eigenvalue weighted by Crippen LogP contribution is 2.36. The molecule has 2 atom stereocenters. The summed E-state index contributed by atoms with van der Waals surface area (Å²) in [6.07, 6.45) is 2.50. The fourth-order valence-corrected chi connectivity index (χ4v) is 3.99. The Morgan fingerprint density at radius 3 is 2.23 bits per heavy atom. The Morgan fingerprint density at radius 1 is 0.867 bits per heavy atom. The van der Waals surface area contributed by atoms with E-state index in [1.807, 2.05) is 48.5 Å². The Balaban J connectivity index is 1.40. The van der Waals surface area contributed by atoms with Crippen LogP contribution in [0, 0.1) is 0 Å². The second-order valence-electron chi connectivity index (χ2n) is 7.39. The van der Waals surface area contributed by atoms with Crippen molar-refractivity contribution in [1.82, 2.24) is 4.90 Å². The van der Waals surface area contributed by atoms with Crippen molar-refractivity contribution in [3.8, 4) is 5.75 Å². The number of hydrogen-bond donors (Lipinski definition) is 1. The summed E-state index contributed by atoms with van der Waals surface area (Å²) < 4.78 is 5.88. The summed E-state index contributed by atoms with van der Waals surface area (Å²) in [7, 11) is 0. The zero-order chi connectivity index (χ0) is 20.7. The predicted octanol–water partition coefficient (Wildman–Crippen LogP) is 3.99. The number of aliphatic hydroxyl groups excluding tert-OH is 1. The van der Waals surface area contributed by atoms with E-state index in [1.54, 1.807) is 36.4 Å². The molecule has 1 heterocycles. The monoisotopic (exact) mass is 397 g/mol. The van der Waals surface area contributed by atoms with Crippen LogP contribution in [0.4, 0.5) is 0 Å². The first-order valence-electron chi connectivity index (χ1n) is 9.77. The maximum absolute atomic E-state index is 12.8.